The van der Waals surface area contributed by atoms with Crippen molar-refractivity contribution in [3.05, 3.63) is 35.9 Å². The number of nitrogens with zero attached hydrogens (tertiary/aromatic N) is 1. The topological polar surface area (TPSA) is 46.6 Å². The van der Waals surface area contributed by atoms with Gasteiger partial charge in [-0.2, -0.15) is 0 Å². The quantitative estimate of drug-likeness (QED) is 0.756. The molecule has 1 fully saturated rings. The first-order chi connectivity index (χ1) is 10.1. The molecular weight excluding hydrogens is 266 g/mol. The SMILES string of the molecule is CCCN(CC(=O)OC)C(=O)C1(c2ccccc2)CCC1. The third-order valence-corrected chi connectivity index (χ3v) is 4.27. The Kier molecular flexibility index (Phi) is 4.99. The van der Waals surface area contributed by atoms with Crippen LogP contribution in [0.3, 0.4) is 0 Å². The van der Waals surface area contributed by atoms with Crippen LogP contribution >= 0.6 is 0 Å². The largest absolute Gasteiger partial charge is 0.468 e. The molecule has 0 atom stereocenters. The van der Waals surface area contributed by atoms with E-state index in [0.717, 1.165) is 31.2 Å². The number of hydrogen-bond acceptors (Lipinski definition) is 3. The molecule has 0 saturated heterocycles. The van der Waals surface area contributed by atoms with E-state index in [1.54, 1.807) is 4.90 Å². The maximum atomic E-state index is 13.0. The predicted octanol–water partition coefficient (Wildman–Crippen LogP) is 2.52. The fourth-order valence-corrected chi connectivity index (χ4v) is 2.96. The molecule has 4 nitrogen and oxygen atoms in total. The molecule has 0 bridgehead atoms. The van der Waals surface area contributed by atoms with Crippen molar-refractivity contribution in [2.24, 2.45) is 0 Å². The van der Waals surface area contributed by atoms with Crippen molar-refractivity contribution in [2.75, 3.05) is 20.2 Å². The standard InChI is InChI=1S/C17H23NO3/c1-3-12-18(13-15(19)21-2)16(20)17(10-7-11-17)14-8-5-4-6-9-14/h4-6,8-9H,3,7,10-13H2,1-2H3. The van der Waals surface area contributed by atoms with Crippen LogP contribution in [0.1, 0.15) is 38.2 Å². The first-order valence-electron chi connectivity index (χ1n) is 7.56. The number of rotatable bonds is 6. The summed E-state index contributed by atoms with van der Waals surface area (Å²) in [6.07, 6.45) is 3.60. The summed E-state index contributed by atoms with van der Waals surface area (Å²) in [5, 5.41) is 0. The summed E-state index contributed by atoms with van der Waals surface area (Å²) in [5.41, 5.74) is 0.622. The Labute approximate surface area is 126 Å². The second kappa shape index (κ2) is 6.74. The number of carbonyl (C=O) groups is 2. The molecule has 114 valence electrons. The van der Waals surface area contributed by atoms with Gasteiger partial charge in [-0.3, -0.25) is 9.59 Å². The van der Waals surface area contributed by atoms with Gasteiger partial charge in [0.15, 0.2) is 0 Å². The van der Waals surface area contributed by atoms with Crippen LogP contribution in [0, 0.1) is 0 Å². The Balaban J connectivity index is 2.23. The molecule has 0 aliphatic heterocycles. The molecule has 21 heavy (non-hydrogen) atoms. The van der Waals surface area contributed by atoms with E-state index in [-0.39, 0.29) is 18.4 Å². The molecule has 0 unspecified atom stereocenters. The van der Waals surface area contributed by atoms with E-state index in [9.17, 15) is 9.59 Å². The molecule has 0 aromatic heterocycles. The molecule has 0 N–H and O–H groups in total. The Morgan fingerprint density at radius 3 is 2.38 bits per heavy atom. The zero-order valence-electron chi connectivity index (χ0n) is 12.8. The van der Waals surface area contributed by atoms with E-state index in [4.69, 9.17) is 4.74 Å². The monoisotopic (exact) mass is 289 g/mol. The lowest BCUT2D eigenvalue weighted by Gasteiger charge is -2.43. The molecule has 1 saturated carbocycles. The number of carbonyl (C=O) groups excluding carboxylic acids is 2. The van der Waals surface area contributed by atoms with E-state index in [1.807, 2.05) is 37.3 Å². The summed E-state index contributed by atoms with van der Waals surface area (Å²) in [6.45, 7) is 2.63. The molecule has 1 aromatic carbocycles. The molecular formula is C17H23NO3. The number of amides is 1. The lowest BCUT2D eigenvalue weighted by Crippen LogP contribution is -2.52. The van der Waals surface area contributed by atoms with Gasteiger partial charge in [0, 0.05) is 6.54 Å². The minimum absolute atomic E-state index is 0.0394. The first-order valence-corrected chi connectivity index (χ1v) is 7.56. The van der Waals surface area contributed by atoms with Crippen molar-refractivity contribution >= 4 is 11.9 Å². The Hall–Kier alpha value is -1.84. The molecule has 1 aliphatic rings. The molecule has 1 aromatic rings. The van der Waals surface area contributed by atoms with Gasteiger partial charge in [-0.05, 0) is 24.8 Å². The van der Waals surface area contributed by atoms with E-state index in [1.165, 1.54) is 7.11 Å². The minimum atomic E-state index is -0.440. The van der Waals surface area contributed by atoms with Crippen LogP contribution in [0.5, 0.6) is 0 Å². The lowest BCUT2D eigenvalue weighted by atomic mass is 9.63. The van der Waals surface area contributed by atoms with Crippen LogP contribution in [0.25, 0.3) is 0 Å². The highest BCUT2D eigenvalue weighted by Crippen LogP contribution is 2.45. The van der Waals surface area contributed by atoms with Gasteiger partial charge >= 0.3 is 5.97 Å². The average Bonchev–Trinajstić information content (AvgIpc) is 2.46. The Morgan fingerprint density at radius 1 is 1.24 bits per heavy atom. The summed E-state index contributed by atoms with van der Waals surface area (Å²) < 4.78 is 4.71. The zero-order valence-corrected chi connectivity index (χ0v) is 12.8. The van der Waals surface area contributed by atoms with E-state index < -0.39 is 5.41 Å². The molecule has 0 radical (unpaired) electrons. The summed E-state index contributed by atoms with van der Waals surface area (Å²) in [5.74, 6) is -0.300. The third kappa shape index (κ3) is 3.09. The van der Waals surface area contributed by atoms with Gasteiger partial charge in [0.2, 0.25) is 5.91 Å². The van der Waals surface area contributed by atoms with Crippen molar-refractivity contribution in [1.82, 2.24) is 4.90 Å². The highest BCUT2D eigenvalue weighted by atomic mass is 16.5. The third-order valence-electron chi connectivity index (χ3n) is 4.27. The van der Waals surface area contributed by atoms with Crippen LogP contribution in [-0.2, 0) is 19.7 Å². The molecule has 4 heteroatoms. The Morgan fingerprint density at radius 2 is 1.90 bits per heavy atom. The van der Waals surface area contributed by atoms with E-state index in [2.05, 4.69) is 0 Å². The summed E-state index contributed by atoms with van der Waals surface area (Å²) in [7, 11) is 1.35. The minimum Gasteiger partial charge on any atom is -0.468 e. The number of hydrogen-bond donors (Lipinski definition) is 0. The van der Waals surface area contributed by atoms with Gasteiger partial charge in [0.25, 0.3) is 0 Å². The Bertz CT molecular complexity index is 494. The van der Waals surface area contributed by atoms with Crippen LogP contribution < -0.4 is 0 Å². The number of benzene rings is 1. The van der Waals surface area contributed by atoms with Crippen molar-refractivity contribution < 1.29 is 14.3 Å². The fourth-order valence-electron chi connectivity index (χ4n) is 2.96. The second-order valence-electron chi connectivity index (χ2n) is 5.60. The smallest absolute Gasteiger partial charge is 0.325 e. The normalized spacial score (nSPS) is 15.9. The van der Waals surface area contributed by atoms with Crippen LogP contribution in [-0.4, -0.2) is 37.0 Å². The molecule has 1 aliphatic carbocycles. The van der Waals surface area contributed by atoms with Gasteiger partial charge in [-0.25, -0.2) is 0 Å². The van der Waals surface area contributed by atoms with Gasteiger partial charge in [-0.15, -0.1) is 0 Å². The maximum absolute atomic E-state index is 13.0. The van der Waals surface area contributed by atoms with E-state index in [0.29, 0.717) is 6.54 Å². The molecule has 1 amide bonds. The zero-order chi connectivity index (χ0) is 15.3. The van der Waals surface area contributed by atoms with Gasteiger partial charge < -0.3 is 9.64 Å². The van der Waals surface area contributed by atoms with Gasteiger partial charge in [0.1, 0.15) is 6.54 Å². The summed E-state index contributed by atoms with van der Waals surface area (Å²) in [6, 6.07) is 9.91. The van der Waals surface area contributed by atoms with Crippen molar-refractivity contribution in [3.63, 3.8) is 0 Å². The van der Waals surface area contributed by atoms with Crippen molar-refractivity contribution in [1.29, 1.82) is 0 Å². The lowest BCUT2D eigenvalue weighted by molar-refractivity contribution is -0.151. The average molecular weight is 289 g/mol. The van der Waals surface area contributed by atoms with Gasteiger partial charge in [-0.1, -0.05) is 43.7 Å². The van der Waals surface area contributed by atoms with Crippen LogP contribution in [0.15, 0.2) is 30.3 Å². The summed E-state index contributed by atoms with van der Waals surface area (Å²) in [4.78, 5) is 26.2. The summed E-state index contributed by atoms with van der Waals surface area (Å²) >= 11 is 0. The van der Waals surface area contributed by atoms with Crippen molar-refractivity contribution in [2.45, 2.75) is 38.0 Å². The van der Waals surface area contributed by atoms with Crippen molar-refractivity contribution in [3.8, 4) is 0 Å². The fraction of sp³-hybridized carbons (Fsp3) is 0.529. The molecule has 0 spiro atoms. The number of methoxy groups -OCH3 is 1. The highest BCUT2D eigenvalue weighted by molar-refractivity contribution is 5.91. The number of esters is 1. The van der Waals surface area contributed by atoms with Gasteiger partial charge in [0.05, 0.1) is 12.5 Å². The van der Waals surface area contributed by atoms with Crippen LogP contribution in [0.4, 0.5) is 0 Å². The number of ether oxygens (including phenoxy) is 1. The molecule has 0 heterocycles. The van der Waals surface area contributed by atoms with Crippen LogP contribution in [0.2, 0.25) is 0 Å². The second-order valence-corrected chi connectivity index (χ2v) is 5.60. The maximum Gasteiger partial charge on any atom is 0.325 e. The predicted molar refractivity (Wildman–Crippen MR) is 80.9 cm³/mol. The first kappa shape index (κ1) is 15.5. The highest BCUT2D eigenvalue weighted by Gasteiger charge is 2.47. The van der Waals surface area contributed by atoms with E-state index >= 15 is 0 Å². The molecule has 2 rings (SSSR count).